The van der Waals surface area contributed by atoms with E-state index in [4.69, 9.17) is 16.3 Å². The van der Waals surface area contributed by atoms with Gasteiger partial charge in [0.25, 0.3) is 11.7 Å². The highest BCUT2D eigenvalue weighted by Gasteiger charge is 2.49. The molecular formula is C21H16ClF4N3O4. The molecule has 7 nitrogen and oxygen atoms in total. The lowest BCUT2D eigenvalue weighted by atomic mass is 10.1. The number of aliphatic hydroxyl groups is 1. The van der Waals surface area contributed by atoms with E-state index in [1.165, 1.54) is 24.3 Å². The van der Waals surface area contributed by atoms with Gasteiger partial charge in [-0.2, -0.15) is 13.2 Å². The lowest BCUT2D eigenvalue weighted by Crippen LogP contribution is -2.46. The zero-order chi connectivity index (χ0) is 24.0. The Balaban J connectivity index is 1.47. The van der Waals surface area contributed by atoms with Crippen LogP contribution in [0.3, 0.4) is 0 Å². The number of hydrogen-bond donors (Lipinski definition) is 3. The second-order valence-electron chi connectivity index (χ2n) is 7.44. The van der Waals surface area contributed by atoms with Crippen LogP contribution in [-0.2, 0) is 22.3 Å². The largest absolute Gasteiger partial charge is 0.418 e. The van der Waals surface area contributed by atoms with Gasteiger partial charge in [0.15, 0.2) is 0 Å². The van der Waals surface area contributed by atoms with Crippen molar-refractivity contribution in [2.75, 3.05) is 11.4 Å². The normalized spacial score (nSPS) is 18.7. The van der Waals surface area contributed by atoms with E-state index in [-0.39, 0.29) is 41.1 Å². The van der Waals surface area contributed by atoms with Crippen molar-refractivity contribution in [3.63, 3.8) is 0 Å². The molecule has 1 fully saturated rings. The Kier molecular flexibility index (Phi) is 5.71. The number of alkyl carbamates (subject to hydrolysis) is 1. The number of aromatic nitrogens is 1. The predicted octanol–water partition coefficient (Wildman–Crippen LogP) is 4.33. The van der Waals surface area contributed by atoms with Crippen LogP contribution in [0.5, 0.6) is 0 Å². The second-order valence-corrected chi connectivity index (χ2v) is 7.88. The monoisotopic (exact) mass is 485 g/mol. The minimum absolute atomic E-state index is 0.0978. The van der Waals surface area contributed by atoms with Gasteiger partial charge in [-0.05, 0) is 42.0 Å². The number of halogens is 5. The van der Waals surface area contributed by atoms with E-state index in [2.05, 4.69) is 10.3 Å². The van der Waals surface area contributed by atoms with Gasteiger partial charge in [0.2, 0.25) is 0 Å². The van der Waals surface area contributed by atoms with Gasteiger partial charge in [-0.1, -0.05) is 11.6 Å². The maximum Gasteiger partial charge on any atom is 0.418 e. The molecule has 1 aromatic heterocycles. The summed E-state index contributed by atoms with van der Waals surface area (Å²) in [4.78, 5) is 28.4. The first-order valence-electron chi connectivity index (χ1n) is 9.61. The molecule has 174 valence electrons. The molecule has 4 rings (SSSR count). The maximum atomic E-state index is 13.4. The van der Waals surface area contributed by atoms with Crippen LogP contribution in [0.25, 0.3) is 10.9 Å². The van der Waals surface area contributed by atoms with Crippen LogP contribution in [0.15, 0.2) is 42.6 Å². The number of hydrogen-bond acceptors (Lipinski definition) is 4. The molecule has 0 unspecified atom stereocenters. The minimum Gasteiger partial charge on any atom is -0.407 e. The van der Waals surface area contributed by atoms with Crippen LogP contribution >= 0.6 is 11.6 Å². The summed E-state index contributed by atoms with van der Waals surface area (Å²) in [5, 5.41) is 12.8. The van der Waals surface area contributed by atoms with Crippen LogP contribution < -0.4 is 10.2 Å². The summed E-state index contributed by atoms with van der Waals surface area (Å²) in [6.07, 6.45) is -5.22. The van der Waals surface area contributed by atoms with E-state index in [0.717, 1.165) is 23.2 Å². The molecule has 12 heteroatoms. The minimum atomic E-state index is -4.60. The first-order chi connectivity index (χ1) is 15.5. The van der Waals surface area contributed by atoms with Crippen molar-refractivity contribution < 1.29 is 37.0 Å². The lowest BCUT2D eigenvalue weighted by molar-refractivity contribution is -0.175. The summed E-state index contributed by atoms with van der Waals surface area (Å²) in [5.41, 5.74) is -0.245. The molecule has 1 atom stereocenters. The first kappa shape index (κ1) is 22.9. The number of amides is 2. The second kappa shape index (κ2) is 8.23. The Morgan fingerprint density at radius 3 is 2.73 bits per heavy atom. The van der Waals surface area contributed by atoms with Gasteiger partial charge in [0.1, 0.15) is 5.82 Å². The van der Waals surface area contributed by atoms with Gasteiger partial charge in [0.05, 0.1) is 5.56 Å². The average Bonchev–Trinajstić information content (AvgIpc) is 3.27. The quantitative estimate of drug-likeness (QED) is 0.379. The summed E-state index contributed by atoms with van der Waals surface area (Å²) in [6.45, 7) is -0.284. The van der Waals surface area contributed by atoms with E-state index in [1.54, 1.807) is 0 Å². The standard InChI is InChI=1S/C21H16ClF4N3O4/c22-12-5-11(6-13(23)7-12)9-28-19(31)33-20(32)3-4-29(18(20)30)14-1-2-17-15(8-14)16(10-27-17)21(24,25)26/h1-2,5-8,10,27,32H,3-4,9H2,(H,28,31)/t20-/m1/s1. The number of ether oxygens (including phenoxy) is 1. The lowest BCUT2D eigenvalue weighted by Gasteiger charge is -2.22. The van der Waals surface area contributed by atoms with Gasteiger partial charge in [-0.3, -0.25) is 4.79 Å². The molecule has 2 amide bonds. The molecule has 1 saturated heterocycles. The van der Waals surface area contributed by atoms with Crippen molar-refractivity contribution in [1.82, 2.24) is 10.3 Å². The average molecular weight is 486 g/mol. The van der Waals surface area contributed by atoms with Gasteiger partial charge in [-0.15, -0.1) is 0 Å². The number of nitrogens with zero attached hydrogens (tertiary/aromatic N) is 1. The molecule has 3 N–H and O–H groups in total. The number of rotatable bonds is 4. The van der Waals surface area contributed by atoms with E-state index >= 15 is 0 Å². The zero-order valence-corrected chi connectivity index (χ0v) is 17.4. The zero-order valence-electron chi connectivity index (χ0n) is 16.7. The number of benzene rings is 2. The van der Waals surface area contributed by atoms with Gasteiger partial charge < -0.3 is 25.0 Å². The summed E-state index contributed by atoms with van der Waals surface area (Å²) < 4.78 is 57.9. The fraction of sp³-hybridized carbons (Fsp3) is 0.238. The van der Waals surface area contributed by atoms with Crippen molar-refractivity contribution in [3.8, 4) is 0 Å². The van der Waals surface area contributed by atoms with Gasteiger partial charge in [0, 0.05) is 47.3 Å². The molecule has 33 heavy (non-hydrogen) atoms. The molecular weight excluding hydrogens is 470 g/mol. The SMILES string of the molecule is O=C(NCc1cc(F)cc(Cl)c1)O[C@]1(O)CCN(c2ccc3[nH]cc(C(F)(F)F)c3c2)C1=O. The summed E-state index contributed by atoms with van der Waals surface area (Å²) in [7, 11) is 0. The topological polar surface area (TPSA) is 94.7 Å². The Hall–Kier alpha value is -3.31. The highest BCUT2D eigenvalue weighted by Crippen LogP contribution is 2.37. The molecule has 0 radical (unpaired) electrons. The number of carbonyl (C=O) groups is 2. The molecule has 0 spiro atoms. The molecule has 1 aliphatic heterocycles. The molecule has 3 aromatic rings. The van der Waals surface area contributed by atoms with Gasteiger partial charge >= 0.3 is 12.3 Å². The fourth-order valence-electron chi connectivity index (χ4n) is 3.61. The van der Waals surface area contributed by atoms with Crippen LogP contribution in [-0.4, -0.2) is 34.4 Å². The Morgan fingerprint density at radius 2 is 2.03 bits per heavy atom. The highest BCUT2D eigenvalue weighted by atomic mass is 35.5. The Labute approximate surface area is 188 Å². The molecule has 2 aromatic carbocycles. The molecule has 0 aliphatic carbocycles. The number of alkyl halides is 3. The van der Waals surface area contributed by atoms with Crippen molar-refractivity contribution in [1.29, 1.82) is 0 Å². The van der Waals surface area contributed by atoms with Gasteiger partial charge in [-0.25, -0.2) is 9.18 Å². The van der Waals surface area contributed by atoms with Crippen LogP contribution in [0.1, 0.15) is 17.5 Å². The smallest absolute Gasteiger partial charge is 0.407 e. The number of aromatic amines is 1. The van der Waals surface area contributed by atoms with E-state index < -0.39 is 35.3 Å². The number of carbonyl (C=O) groups excluding carboxylic acids is 2. The summed E-state index contributed by atoms with van der Waals surface area (Å²) in [6, 6.07) is 7.59. The maximum absolute atomic E-state index is 13.4. The first-order valence-corrected chi connectivity index (χ1v) is 9.98. The number of nitrogens with one attached hydrogen (secondary N) is 2. The van der Waals surface area contributed by atoms with Crippen LogP contribution in [0.2, 0.25) is 5.02 Å². The summed E-state index contributed by atoms with van der Waals surface area (Å²) >= 11 is 5.74. The molecule has 1 aliphatic rings. The third-order valence-corrected chi connectivity index (χ3v) is 5.37. The number of anilines is 1. The van der Waals surface area contributed by atoms with E-state index in [9.17, 15) is 32.3 Å². The molecule has 2 heterocycles. The van der Waals surface area contributed by atoms with Crippen molar-refractivity contribution in [2.24, 2.45) is 0 Å². The number of H-pyrrole nitrogens is 1. The number of fused-ring (bicyclic) bond motifs is 1. The van der Waals surface area contributed by atoms with E-state index in [0.29, 0.717) is 5.56 Å². The van der Waals surface area contributed by atoms with Crippen LogP contribution in [0.4, 0.5) is 28.0 Å². The third kappa shape index (κ3) is 4.60. The summed E-state index contributed by atoms with van der Waals surface area (Å²) in [5.74, 6) is -4.13. The third-order valence-electron chi connectivity index (χ3n) is 5.16. The van der Waals surface area contributed by atoms with E-state index in [1.807, 2.05) is 0 Å². The highest BCUT2D eigenvalue weighted by molar-refractivity contribution is 6.30. The molecule has 0 saturated carbocycles. The Bertz CT molecular complexity index is 1230. The van der Waals surface area contributed by atoms with Crippen molar-refractivity contribution >= 4 is 40.2 Å². The van der Waals surface area contributed by atoms with Crippen molar-refractivity contribution in [2.45, 2.75) is 24.9 Å². The Morgan fingerprint density at radius 1 is 1.27 bits per heavy atom. The van der Waals surface area contributed by atoms with Crippen LogP contribution in [0, 0.1) is 5.82 Å². The predicted molar refractivity (Wildman–Crippen MR) is 110 cm³/mol. The van der Waals surface area contributed by atoms with Crippen molar-refractivity contribution in [3.05, 3.63) is 64.6 Å². The fourth-order valence-corrected chi connectivity index (χ4v) is 3.86. The molecule has 0 bridgehead atoms.